The molecule has 0 amide bonds. The third kappa shape index (κ3) is 3.08. The van der Waals surface area contributed by atoms with E-state index in [-0.39, 0.29) is 12.3 Å². The van der Waals surface area contributed by atoms with E-state index in [0.717, 1.165) is 26.1 Å². The van der Waals surface area contributed by atoms with Gasteiger partial charge in [-0.3, -0.25) is 9.78 Å². The van der Waals surface area contributed by atoms with E-state index in [1.165, 1.54) is 0 Å². The third-order valence-electron chi connectivity index (χ3n) is 3.73. The summed E-state index contributed by atoms with van der Waals surface area (Å²) in [6, 6.07) is 11.5. The standard InChI is InChI=1S/C18H14N2O2S/c1-11(6-17(21)22)16-7-14-9-20-10-15(18(14)23-16)13-4-2-12(8-19)3-5-13/h2-5,7,9-11H,6H2,1H3,(H,21,22)/t11-/m0/s1. The fourth-order valence-corrected chi connectivity index (χ4v) is 3.73. The van der Waals surface area contributed by atoms with Crippen LogP contribution in [0.4, 0.5) is 0 Å². The van der Waals surface area contributed by atoms with Crippen molar-refractivity contribution in [1.29, 1.82) is 5.26 Å². The Kier molecular flexibility index (Phi) is 4.09. The van der Waals surface area contributed by atoms with Crippen molar-refractivity contribution < 1.29 is 9.90 Å². The zero-order valence-electron chi connectivity index (χ0n) is 12.5. The summed E-state index contributed by atoms with van der Waals surface area (Å²) in [7, 11) is 0. The van der Waals surface area contributed by atoms with Crippen LogP contribution in [0.2, 0.25) is 0 Å². The van der Waals surface area contributed by atoms with Gasteiger partial charge in [0.05, 0.1) is 18.1 Å². The predicted octanol–water partition coefficient (Wildman–Crippen LogP) is 4.41. The maximum atomic E-state index is 10.9. The number of thiophene rings is 1. The molecule has 0 unspecified atom stereocenters. The molecule has 0 fully saturated rings. The van der Waals surface area contributed by atoms with Crippen LogP contribution in [0.5, 0.6) is 0 Å². The minimum Gasteiger partial charge on any atom is -0.481 e. The Bertz CT molecular complexity index is 907. The molecule has 23 heavy (non-hydrogen) atoms. The topological polar surface area (TPSA) is 74.0 Å². The minimum absolute atomic E-state index is 0.0290. The van der Waals surface area contributed by atoms with Crippen LogP contribution in [0.3, 0.4) is 0 Å². The van der Waals surface area contributed by atoms with Gasteiger partial charge >= 0.3 is 5.97 Å². The second-order valence-electron chi connectivity index (χ2n) is 5.44. The number of hydrogen-bond acceptors (Lipinski definition) is 4. The van der Waals surface area contributed by atoms with Gasteiger partial charge in [0, 0.05) is 38.8 Å². The Hall–Kier alpha value is -2.71. The molecule has 0 bridgehead atoms. The summed E-state index contributed by atoms with van der Waals surface area (Å²) >= 11 is 1.61. The molecule has 0 aliphatic rings. The van der Waals surface area contributed by atoms with Crippen molar-refractivity contribution in [3.63, 3.8) is 0 Å². The highest BCUT2D eigenvalue weighted by molar-refractivity contribution is 7.19. The van der Waals surface area contributed by atoms with E-state index in [4.69, 9.17) is 10.4 Å². The lowest BCUT2D eigenvalue weighted by Gasteiger charge is -2.04. The number of rotatable bonds is 4. The van der Waals surface area contributed by atoms with Crippen LogP contribution in [0.1, 0.15) is 29.7 Å². The lowest BCUT2D eigenvalue weighted by atomic mass is 10.0. The number of benzene rings is 1. The number of pyridine rings is 1. The van der Waals surface area contributed by atoms with Crippen LogP contribution in [-0.2, 0) is 4.79 Å². The number of hydrogen-bond donors (Lipinski definition) is 1. The van der Waals surface area contributed by atoms with Crippen LogP contribution in [-0.4, -0.2) is 16.1 Å². The summed E-state index contributed by atoms with van der Waals surface area (Å²) in [5.41, 5.74) is 2.63. The number of nitrogens with zero attached hydrogens (tertiary/aromatic N) is 2. The minimum atomic E-state index is -0.791. The highest BCUT2D eigenvalue weighted by Gasteiger charge is 2.15. The molecule has 0 saturated carbocycles. The molecule has 1 N–H and O–H groups in total. The van der Waals surface area contributed by atoms with Crippen molar-refractivity contribution in [2.24, 2.45) is 0 Å². The van der Waals surface area contributed by atoms with Crippen molar-refractivity contribution >= 4 is 27.4 Å². The zero-order chi connectivity index (χ0) is 16.4. The lowest BCUT2D eigenvalue weighted by Crippen LogP contribution is -2.00. The summed E-state index contributed by atoms with van der Waals surface area (Å²) < 4.78 is 1.09. The number of carboxylic acid groups (broad SMARTS) is 1. The number of fused-ring (bicyclic) bond motifs is 1. The molecule has 0 radical (unpaired) electrons. The van der Waals surface area contributed by atoms with Crippen LogP contribution in [0.25, 0.3) is 21.2 Å². The maximum absolute atomic E-state index is 10.9. The van der Waals surface area contributed by atoms with E-state index in [1.54, 1.807) is 29.7 Å². The van der Waals surface area contributed by atoms with E-state index in [1.807, 2.05) is 31.3 Å². The number of carbonyl (C=O) groups is 1. The second-order valence-corrected chi connectivity index (χ2v) is 6.53. The Balaban J connectivity index is 2.06. The number of carboxylic acids is 1. The van der Waals surface area contributed by atoms with Crippen molar-refractivity contribution in [2.45, 2.75) is 19.3 Å². The summed E-state index contributed by atoms with van der Waals surface area (Å²) in [4.78, 5) is 16.3. The molecule has 1 atom stereocenters. The first-order chi connectivity index (χ1) is 11.1. The van der Waals surface area contributed by atoms with Crippen LogP contribution in [0, 0.1) is 11.3 Å². The normalized spacial score (nSPS) is 12.0. The van der Waals surface area contributed by atoms with Gasteiger partial charge in [-0.15, -0.1) is 11.3 Å². The molecule has 2 heterocycles. The summed E-state index contributed by atoms with van der Waals surface area (Å²) in [5.74, 6) is -0.820. The monoisotopic (exact) mass is 322 g/mol. The molecule has 5 heteroatoms. The number of aliphatic carboxylic acids is 1. The van der Waals surface area contributed by atoms with Gasteiger partial charge in [0.25, 0.3) is 0 Å². The molecule has 114 valence electrons. The van der Waals surface area contributed by atoms with Gasteiger partial charge in [-0.2, -0.15) is 5.26 Å². The van der Waals surface area contributed by atoms with E-state index >= 15 is 0 Å². The first-order valence-corrected chi connectivity index (χ1v) is 8.00. The Morgan fingerprint density at radius 2 is 2.09 bits per heavy atom. The van der Waals surface area contributed by atoms with Gasteiger partial charge in [-0.05, 0) is 23.8 Å². The van der Waals surface area contributed by atoms with E-state index in [0.29, 0.717) is 5.56 Å². The highest BCUT2D eigenvalue weighted by Crippen LogP contribution is 2.37. The van der Waals surface area contributed by atoms with Crippen LogP contribution in [0.15, 0.2) is 42.7 Å². The van der Waals surface area contributed by atoms with Crippen molar-refractivity contribution in [1.82, 2.24) is 4.98 Å². The van der Waals surface area contributed by atoms with Gasteiger partial charge in [-0.25, -0.2) is 0 Å². The van der Waals surface area contributed by atoms with Gasteiger partial charge in [0.2, 0.25) is 0 Å². The first kappa shape index (κ1) is 15.2. The van der Waals surface area contributed by atoms with Crippen molar-refractivity contribution in [2.75, 3.05) is 0 Å². The molecule has 4 nitrogen and oxygen atoms in total. The molecule has 0 spiro atoms. The van der Waals surface area contributed by atoms with Crippen molar-refractivity contribution in [3.05, 3.63) is 53.2 Å². The van der Waals surface area contributed by atoms with Crippen LogP contribution < -0.4 is 0 Å². The summed E-state index contributed by atoms with van der Waals surface area (Å²) in [6.07, 6.45) is 3.73. The fraction of sp³-hybridized carbons (Fsp3) is 0.167. The molecular formula is C18H14N2O2S. The second kappa shape index (κ2) is 6.19. The summed E-state index contributed by atoms with van der Waals surface area (Å²) in [5, 5.41) is 18.9. The zero-order valence-corrected chi connectivity index (χ0v) is 13.3. The van der Waals surface area contributed by atoms with Crippen molar-refractivity contribution in [3.8, 4) is 17.2 Å². The smallest absolute Gasteiger partial charge is 0.303 e. The van der Waals surface area contributed by atoms with E-state index in [9.17, 15) is 4.79 Å². The molecule has 3 aromatic rings. The Morgan fingerprint density at radius 1 is 1.35 bits per heavy atom. The van der Waals surface area contributed by atoms with E-state index < -0.39 is 5.97 Å². The molecule has 0 saturated heterocycles. The Labute approximate surface area is 137 Å². The average Bonchev–Trinajstić information content (AvgIpc) is 2.98. The third-order valence-corrected chi connectivity index (χ3v) is 5.15. The van der Waals surface area contributed by atoms with Gasteiger partial charge < -0.3 is 5.11 Å². The van der Waals surface area contributed by atoms with Gasteiger partial charge in [0.1, 0.15) is 0 Å². The first-order valence-electron chi connectivity index (χ1n) is 7.18. The fourth-order valence-electron chi connectivity index (χ4n) is 2.52. The molecule has 0 aliphatic heterocycles. The highest BCUT2D eigenvalue weighted by atomic mass is 32.1. The quantitative estimate of drug-likeness (QED) is 0.772. The maximum Gasteiger partial charge on any atom is 0.303 e. The lowest BCUT2D eigenvalue weighted by molar-refractivity contribution is -0.137. The van der Waals surface area contributed by atoms with E-state index in [2.05, 4.69) is 11.1 Å². The number of nitriles is 1. The predicted molar refractivity (Wildman–Crippen MR) is 90.4 cm³/mol. The largest absolute Gasteiger partial charge is 0.481 e. The Morgan fingerprint density at radius 3 is 2.74 bits per heavy atom. The molecule has 0 aliphatic carbocycles. The molecule has 2 aromatic heterocycles. The van der Waals surface area contributed by atoms with Crippen LogP contribution >= 0.6 is 11.3 Å². The number of aromatic nitrogens is 1. The molecular weight excluding hydrogens is 308 g/mol. The molecule has 3 rings (SSSR count). The average molecular weight is 322 g/mol. The summed E-state index contributed by atoms with van der Waals surface area (Å²) in [6.45, 7) is 1.92. The molecule has 1 aromatic carbocycles. The van der Waals surface area contributed by atoms with Gasteiger partial charge in [0.15, 0.2) is 0 Å². The SMILES string of the molecule is C[C@@H](CC(=O)O)c1cc2cncc(-c3ccc(C#N)cc3)c2s1. The van der Waals surface area contributed by atoms with Gasteiger partial charge in [-0.1, -0.05) is 19.1 Å².